The molecule has 0 aliphatic heterocycles. The third-order valence-corrected chi connectivity index (χ3v) is 3.54. The molecule has 0 unspecified atom stereocenters. The first-order valence-electron chi connectivity index (χ1n) is 7.63. The Morgan fingerprint density at radius 1 is 1.11 bits per heavy atom. The van der Waals surface area contributed by atoms with Crippen molar-refractivity contribution in [1.82, 2.24) is 30.4 Å². The molecule has 0 atom stereocenters. The predicted molar refractivity (Wildman–Crippen MR) is 88.1 cm³/mol. The first-order chi connectivity index (χ1) is 12.7. The zero-order valence-electron chi connectivity index (χ0n) is 14.4. The van der Waals surface area contributed by atoms with E-state index in [1.807, 2.05) is 0 Å². The summed E-state index contributed by atoms with van der Waals surface area (Å²) in [6.45, 7) is 2.69. The molecule has 0 saturated heterocycles. The van der Waals surface area contributed by atoms with Gasteiger partial charge in [-0.2, -0.15) is 9.78 Å². The third kappa shape index (κ3) is 4.83. The second-order valence-electron chi connectivity index (χ2n) is 5.47. The van der Waals surface area contributed by atoms with Gasteiger partial charge in [0.1, 0.15) is 17.9 Å². The predicted octanol–water partition coefficient (Wildman–Crippen LogP) is -0.249. The van der Waals surface area contributed by atoms with Crippen LogP contribution in [0.1, 0.15) is 17.8 Å². The fraction of sp³-hybridized carbons (Fsp3) is 0.385. The van der Waals surface area contributed by atoms with E-state index in [9.17, 15) is 29.8 Å². The van der Waals surface area contributed by atoms with Crippen molar-refractivity contribution in [2.45, 2.75) is 33.4 Å². The van der Waals surface area contributed by atoms with E-state index < -0.39 is 21.7 Å². The maximum atomic E-state index is 11.9. The van der Waals surface area contributed by atoms with Gasteiger partial charge in [-0.15, -0.1) is 0 Å². The van der Waals surface area contributed by atoms with Crippen molar-refractivity contribution in [2.75, 3.05) is 0 Å². The molecule has 2 heterocycles. The molecular formula is C13H16N8O6. The van der Waals surface area contributed by atoms with Gasteiger partial charge in [0.2, 0.25) is 5.91 Å². The number of hydrogen-bond donors (Lipinski definition) is 2. The summed E-state index contributed by atoms with van der Waals surface area (Å²) in [6, 6.07) is 1.20. The molecule has 0 aliphatic rings. The van der Waals surface area contributed by atoms with Crippen LogP contribution < -0.4 is 10.9 Å². The van der Waals surface area contributed by atoms with Crippen LogP contribution in [-0.2, 0) is 22.7 Å². The van der Waals surface area contributed by atoms with Gasteiger partial charge in [0.25, 0.3) is 5.91 Å². The second kappa shape index (κ2) is 8.03. The minimum Gasteiger partial charge on any atom is -0.358 e. The largest absolute Gasteiger partial charge is 0.389 e. The Morgan fingerprint density at radius 2 is 1.78 bits per heavy atom. The zero-order valence-corrected chi connectivity index (χ0v) is 14.4. The summed E-state index contributed by atoms with van der Waals surface area (Å²) >= 11 is 0. The lowest BCUT2D eigenvalue weighted by atomic mass is 10.3. The van der Waals surface area contributed by atoms with Crippen LogP contribution in [0.15, 0.2) is 12.3 Å². The number of aromatic nitrogens is 4. The van der Waals surface area contributed by atoms with Gasteiger partial charge in [-0.25, -0.2) is 0 Å². The smallest absolute Gasteiger partial charge is 0.358 e. The molecule has 2 aromatic heterocycles. The Bertz CT molecular complexity index is 901. The molecule has 0 aromatic carbocycles. The summed E-state index contributed by atoms with van der Waals surface area (Å²) in [5.41, 5.74) is 4.58. The summed E-state index contributed by atoms with van der Waals surface area (Å²) in [5.74, 6) is -1.50. The molecule has 14 heteroatoms. The normalized spacial score (nSPS) is 10.4. The van der Waals surface area contributed by atoms with Crippen molar-refractivity contribution in [3.8, 4) is 0 Å². The standard InChI is InChI=1S/C13H16N8O6/c1-8-13(21(26)27)9(2)19(16-8)7-12(23)15-14-11(22)4-6-18-5-3-10(17-18)20(24)25/h3,5H,4,6-7H2,1-2H3,(H,14,22)(H,15,23). The second-order valence-corrected chi connectivity index (χ2v) is 5.47. The summed E-state index contributed by atoms with van der Waals surface area (Å²) in [5, 5.41) is 29.0. The average Bonchev–Trinajstić information content (AvgIpc) is 3.16. The van der Waals surface area contributed by atoms with E-state index in [0.29, 0.717) is 0 Å². The van der Waals surface area contributed by atoms with Gasteiger partial charge in [-0.1, -0.05) is 0 Å². The highest BCUT2D eigenvalue weighted by Crippen LogP contribution is 2.21. The highest BCUT2D eigenvalue weighted by atomic mass is 16.6. The number of rotatable bonds is 7. The maximum Gasteiger partial charge on any atom is 0.389 e. The van der Waals surface area contributed by atoms with Gasteiger partial charge < -0.3 is 10.1 Å². The zero-order chi connectivity index (χ0) is 20.1. The van der Waals surface area contributed by atoms with Crippen molar-refractivity contribution >= 4 is 23.3 Å². The topological polar surface area (TPSA) is 180 Å². The van der Waals surface area contributed by atoms with E-state index in [1.54, 1.807) is 0 Å². The van der Waals surface area contributed by atoms with Crippen molar-refractivity contribution in [3.63, 3.8) is 0 Å². The maximum absolute atomic E-state index is 11.9. The molecule has 0 spiro atoms. The molecule has 27 heavy (non-hydrogen) atoms. The van der Waals surface area contributed by atoms with Crippen LogP contribution >= 0.6 is 0 Å². The van der Waals surface area contributed by atoms with Crippen LogP contribution in [0.3, 0.4) is 0 Å². The van der Waals surface area contributed by atoms with Crippen molar-refractivity contribution < 1.29 is 19.4 Å². The van der Waals surface area contributed by atoms with Crippen molar-refractivity contribution in [3.05, 3.63) is 43.9 Å². The minimum atomic E-state index is -0.653. The Hall–Kier alpha value is -3.84. The summed E-state index contributed by atoms with van der Waals surface area (Å²) in [7, 11) is 0. The molecule has 0 radical (unpaired) electrons. The van der Waals surface area contributed by atoms with Gasteiger partial charge in [-0.3, -0.25) is 35.2 Å². The van der Waals surface area contributed by atoms with Gasteiger partial charge in [0, 0.05) is 6.42 Å². The summed E-state index contributed by atoms with van der Waals surface area (Å²) in [4.78, 5) is 43.8. The fourth-order valence-electron chi connectivity index (χ4n) is 2.27. The van der Waals surface area contributed by atoms with E-state index in [-0.39, 0.29) is 42.4 Å². The molecule has 2 amide bonds. The Labute approximate surface area is 151 Å². The van der Waals surface area contributed by atoms with Crippen molar-refractivity contribution in [1.29, 1.82) is 0 Å². The van der Waals surface area contributed by atoms with E-state index >= 15 is 0 Å². The van der Waals surface area contributed by atoms with Crippen LogP contribution in [0.5, 0.6) is 0 Å². The van der Waals surface area contributed by atoms with E-state index in [2.05, 4.69) is 21.0 Å². The Balaban J connectivity index is 1.81. The van der Waals surface area contributed by atoms with Crippen molar-refractivity contribution in [2.24, 2.45) is 0 Å². The van der Waals surface area contributed by atoms with Crippen LogP contribution in [0, 0.1) is 34.1 Å². The number of carbonyl (C=O) groups excluding carboxylic acids is 2. The number of aryl methyl sites for hydroxylation is 2. The molecule has 0 bridgehead atoms. The van der Waals surface area contributed by atoms with E-state index in [0.717, 1.165) is 4.68 Å². The first kappa shape index (κ1) is 19.5. The lowest BCUT2D eigenvalue weighted by molar-refractivity contribution is -0.389. The molecule has 14 nitrogen and oxygen atoms in total. The van der Waals surface area contributed by atoms with Gasteiger partial charge in [-0.05, 0) is 18.8 Å². The average molecular weight is 380 g/mol. The van der Waals surface area contributed by atoms with Crippen LogP contribution in [0.25, 0.3) is 0 Å². The number of hydrazine groups is 1. The summed E-state index contributed by atoms with van der Waals surface area (Å²) < 4.78 is 2.40. The molecule has 2 N–H and O–H groups in total. The minimum absolute atomic E-state index is 0.0789. The quantitative estimate of drug-likeness (QED) is 0.487. The van der Waals surface area contributed by atoms with Gasteiger partial charge in [0.15, 0.2) is 0 Å². The number of nitro groups is 2. The fourth-order valence-corrected chi connectivity index (χ4v) is 2.27. The molecule has 0 aliphatic carbocycles. The van der Waals surface area contributed by atoms with E-state index in [1.165, 1.54) is 30.8 Å². The summed E-state index contributed by atoms with van der Waals surface area (Å²) in [6.07, 6.45) is 1.28. The molecule has 2 rings (SSSR count). The SMILES string of the molecule is Cc1nn(CC(=O)NNC(=O)CCn2ccc([N+](=O)[O-])n2)c(C)c1[N+](=O)[O-]. The number of amides is 2. The highest BCUT2D eigenvalue weighted by molar-refractivity contribution is 5.81. The number of nitrogens with zero attached hydrogens (tertiary/aromatic N) is 6. The van der Waals surface area contributed by atoms with E-state index in [4.69, 9.17) is 0 Å². The highest BCUT2D eigenvalue weighted by Gasteiger charge is 2.22. The van der Waals surface area contributed by atoms with Gasteiger partial charge >= 0.3 is 11.5 Å². The Kier molecular flexibility index (Phi) is 5.79. The lowest BCUT2D eigenvalue weighted by Crippen LogP contribution is -2.43. The monoisotopic (exact) mass is 380 g/mol. The molecule has 0 fully saturated rings. The lowest BCUT2D eigenvalue weighted by Gasteiger charge is -2.07. The van der Waals surface area contributed by atoms with Crippen LogP contribution in [-0.4, -0.2) is 41.2 Å². The van der Waals surface area contributed by atoms with Gasteiger partial charge in [0.05, 0.1) is 28.8 Å². The van der Waals surface area contributed by atoms with Crippen LogP contribution in [0.2, 0.25) is 0 Å². The van der Waals surface area contributed by atoms with Crippen LogP contribution in [0.4, 0.5) is 11.5 Å². The number of hydrogen-bond acceptors (Lipinski definition) is 8. The molecular weight excluding hydrogens is 364 g/mol. The molecule has 0 saturated carbocycles. The Morgan fingerprint density at radius 3 is 2.33 bits per heavy atom. The molecule has 144 valence electrons. The third-order valence-electron chi connectivity index (χ3n) is 3.54. The molecule has 2 aromatic rings. The number of nitrogens with one attached hydrogen (secondary N) is 2. The number of carbonyl (C=O) groups is 2. The first-order valence-corrected chi connectivity index (χ1v) is 7.63.